The minimum atomic E-state index is -5.03. The molecule has 0 aliphatic heterocycles. The minimum Gasteiger partial charge on any atom is -0.366 e. The van der Waals surface area contributed by atoms with E-state index in [2.05, 4.69) is 15.1 Å². The van der Waals surface area contributed by atoms with Crippen LogP contribution in [0.5, 0.6) is 0 Å². The zero-order valence-corrected chi connectivity index (χ0v) is 25.0. The van der Waals surface area contributed by atoms with Crippen LogP contribution in [0.3, 0.4) is 0 Å². The molecule has 2 N–H and O–H groups in total. The lowest BCUT2D eigenvalue weighted by molar-refractivity contribution is -0.142. The molecule has 2 aromatic heterocycles. The lowest BCUT2D eigenvalue weighted by Crippen LogP contribution is -2.24. The number of benzene rings is 2. The minimum absolute atomic E-state index is 0.0819. The number of alkyl halides is 5. The summed E-state index contributed by atoms with van der Waals surface area (Å²) in [5, 5.41) is 3.61. The molecule has 0 saturated heterocycles. The largest absolute Gasteiger partial charge is 0.435 e. The van der Waals surface area contributed by atoms with E-state index in [1.54, 1.807) is 6.26 Å². The number of nitrogens with two attached hydrogens (primary N) is 1. The molecule has 4 aromatic rings. The van der Waals surface area contributed by atoms with E-state index < -0.39 is 94.5 Å². The van der Waals surface area contributed by atoms with Gasteiger partial charge in [0.15, 0.2) is 16.6 Å². The number of ketones is 1. The highest BCUT2D eigenvalue weighted by molar-refractivity contribution is 7.98. The predicted molar refractivity (Wildman–Crippen MR) is 152 cm³/mol. The fourth-order valence-corrected chi connectivity index (χ4v) is 6.62. The Hall–Kier alpha value is -4.34. The van der Waals surface area contributed by atoms with E-state index in [-0.39, 0.29) is 40.4 Å². The number of aromatic nitrogens is 4. The van der Waals surface area contributed by atoms with E-state index in [0.717, 1.165) is 36.0 Å². The normalized spacial score (nSPS) is 18.5. The summed E-state index contributed by atoms with van der Waals surface area (Å²) in [6, 6.07) is 6.08. The molecule has 1 fully saturated rings. The number of thioether (sulfide) groups is 1. The van der Waals surface area contributed by atoms with Crippen molar-refractivity contribution in [2.75, 3.05) is 6.26 Å². The van der Waals surface area contributed by atoms with Crippen molar-refractivity contribution in [3.63, 3.8) is 0 Å². The first-order valence-corrected chi connectivity index (χ1v) is 15.3. The van der Waals surface area contributed by atoms with E-state index in [4.69, 9.17) is 5.73 Å². The van der Waals surface area contributed by atoms with Crippen LogP contribution < -0.4 is 5.73 Å². The fraction of sp³-hybridized carbons (Fsp3) is 0.323. The summed E-state index contributed by atoms with van der Waals surface area (Å²) in [4.78, 5) is 34.2. The monoisotopic (exact) mass is 681 g/mol. The third kappa shape index (κ3) is 6.10. The number of primary amides is 1. The Morgan fingerprint density at radius 3 is 2.45 bits per heavy atom. The molecule has 3 atom stereocenters. The van der Waals surface area contributed by atoms with Crippen LogP contribution in [0, 0.1) is 23.4 Å². The van der Waals surface area contributed by atoms with Crippen LogP contribution in [-0.4, -0.2) is 37.7 Å². The van der Waals surface area contributed by atoms with Gasteiger partial charge in [-0.15, -0.1) is 0 Å². The first-order valence-electron chi connectivity index (χ1n) is 14.1. The Bertz CT molecular complexity index is 1910. The SMILES string of the molecule is CSc1ncc(-c2ccc(F)c(C(N)=O)c2)c([C@@H](CC(=O)Cn2nc(C(F)(F)F)c3c2C(F)(F)[C@@H]2C[C@H]32)Cc2cc(F)cc(F)c2)n1. The van der Waals surface area contributed by atoms with E-state index in [1.165, 1.54) is 12.3 Å². The molecule has 47 heavy (non-hydrogen) atoms. The second-order valence-corrected chi connectivity index (χ2v) is 12.2. The van der Waals surface area contributed by atoms with Crippen LogP contribution in [0.15, 0.2) is 47.8 Å². The molecule has 2 aliphatic carbocycles. The van der Waals surface area contributed by atoms with Crippen molar-refractivity contribution in [3.05, 3.63) is 93.8 Å². The quantitative estimate of drug-likeness (QED) is 0.112. The molecule has 2 aromatic carbocycles. The second kappa shape index (κ2) is 11.7. The van der Waals surface area contributed by atoms with Crippen molar-refractivity contribution in [3.8, 4) is 11.1 Å². The van der Waals surface area contributed by atoms with Crippen LogP contribution in [-0.2, 0) is 29.9 Å². The van der Waals surface area contributed by atoms with Gasteiger partial charge in [0.25, 0.3) is 11.8 Å². The van der Waals surface area contributed by atoms with Crippen LogP contribution in [0.25, 0.3) is 11.1 Å². The van der Waals surface area contributed by atoms with Gasteiger partial charge in [0, 0.05) is 41.6 Å². The van der Waals surface area contributed by atoms with Gasteiger partial charge in [-0.1, -0.05) is 17.8 Å². The highest BCUT2D eigenvalue weighted by atomic mass is 32.2. The summed E-state index contributed by atoms with van der Waals surface area (Å²) in [5.74, 6) is -11.6. The van der Waals surface area contributed by atoms with Gasteiger partial charge >= 0.3 is 6.18 Å². The zero-order valence-electron chi connectivity index (χ0n) is 24.2. The zero-order chi connectivity index (χ0) is 34.0. The van der Waals surface area contributed by atoms with Gasteiger partial charge in [-0.3, -0.25) is 14.3 Å². The number of carbonyl (C=O) groups is 2. The molecular weight excluding hydrogens is 658 g/mol. The number of amides is 1. The van der Waals surface area contributed by atoms with Gasteiger partial charge in [0.05, 0.1) is 11.3 Å². The summed E-state index contributed by atoms with van der Waals surface area (Å²) in [6.07, 6.45) is -2.96. The Morgan fingerprint density at radius 1 is 1.11 bits per heavy atom. The first-order chi connectivity index (χ1) is 22.1. The predicted octanol–water partition coefficient (Wildman–Crippen LogP) is 6.79. The van der Waals surface area contributed by atoms with E-state index in [9.17, 15) is 35.9 Å². The van der Waals surface area contributed by atoms with E-state index in [1.807, 2.05) is 0 Å². The molecule has 1 amide bonds. The number of Topliss-reactive ketones (excluding diaryl/α,β-unsaturated/α-hetero) is 1. The van der Waals surface area contributed by atoms with E-state index >= 15 is 8.78 Å². The third-order valence-electron chi connectivity index (χ3n) is 8.31. The van der Waals surface area contributed by atoms with Crippen molar-refractivity contribution in [2.45, 2.75) is 54.9 Å². The Labute approximate surface area is 265 Å². The van der Waals surface area contributed by atoms with Crippen LogP contribution in [0.2, 0.25) is 0 Å². The third-order valence-corrected chi connectivity index (χ3v) is 8.87. The maximum atomic E-state index is 15.1. The molecule has 7 nitrogen and oxygen atoms in total. The lowest BCUT2D eigenvalue weighted by Gasteiger charge is -2.21. The topological polar surface area (TPSA) is 104 Å². The van der Waals surface area contributed by atoms with Gasteiger partial charge in [0.2, 0.25) is 0 Å². The van der Waals surface area contributed by atoms with Gasteiger partial charge < -0.3 is 5.73 Å². The smallest absolute Gasteiger partial charge is 0.366 e. The molecule has 2 aliphatic rings. The molecule has 0 radical (unpaired) electrons. The second-order valence-electron chi connectivity index (χ2n) is 11.5. The Morgan fingerprint density at radius 2 is 1.81 bits per heavy atom. The molecule has 0 bridgehead atoms. The van der Waals surface area contributed by atoms with Gasteiger partial charge in [-0.2, -0.15) is 27.1 Å². The average Bonchev–Trinajstić information content (AvgIpc) is 3.64. The highest BCUT2D eigenvalue weighted by Crippen LogP contribution is 2.68. The standard InChI is InChI=1S/C31H23F8N5O2S/c1-47-29-41-11-21(14-2-3-23(34)20(8-14)28(40)46)25(42-29)15(4-13-5-16(32)9-17(33)6-13)7-18(45)12-44-27-24(26(43-44)31(37,38)39)19-10-22(19)30(27,35)36/h2-3,5-6,8-9,11,15,19,22H,4,7,10,12H2,1H3,(H2,40,46)/t15-,19+,22-/m1/s1. The van der Waals surface area contributed by atoms with Crippen molar-refractivity contribution >= 4 is 23.5 Å². The summed E-state index contributed by atoms with van der Waals surface area (Å²) in [7, 11) is 0. The van der Waals surface area contributed by atoms with Crippen molar-refractivity contribution in [2.24, 2.45) is 11.7 Å². The number of hydrogen-bond donors (Lipinski definition) is 1. The number of fused-ring (bicyclic) bond motifs is 3. The summed E-state index contributed by atoms with van der Waals surface area (Å²) < 4.78 is 115. The maximum Gasteiger partial charge on any atom is 0.435 e. The van der Waals surface area contributed by atoms with Crippen molar-refractivity contribution in [1.82, 2.24) is 19.7 Å². The van der Waals surface area contributed by atoms with Gasteiger partial charge in [0.1, 0.15) is 29.7 Å². The summed E-state index contributed by atoms with van der Waals surface area (Å²) in [6.45, 7) is -0.945. The molecule has 1 saturated carbocycles. The molecular formula is C31H23F8N5O2S. The van der Waals surface area contributed by atoms with Crippen LogP contribution >= 0.6 is 11.8 Å². The lowest BCUT2D eigenvalue weighted by atomic mass is 9.87. The molecule has 0 spiro atoms. The summed E-state index contributed by atoms with van der Waals surface area (Å²) in [5.41, 5.74) is 2.42. The number of hydrogen-bond acceptors (Lipinski definition) is 6. The summed E-state index contributed by atoms with van der Waals surface area (Å²) >= 11 is 1.10. The van der Waals surface area contributed by atoms with Gasteiger partial charge in [-0.25, -0.2) is 23.1 Å². The molecule has 246 valence electrons. The van der Waals surface area contributed by atoms with Crippen LogP contribution in [0.4, 0.5) is 35.1 Å². The number of nitrogens with zero attached hydrogens (tertiary/aromatic N) is 4. The molecule has 2 heterocycles. The van der Waals surface area contributed by atoms with Crippen molar-refractivity contribution < 1.29 is 44.7 Å². The van der Waals surface area contributed by atoms with E-state index in [0.29, 0.717) is 10.7 Å². The number of halogens is 8. The molecule has 0 unspecified atom stereocenters. The molecule has 6 rings (SSSR count). The average molecular weight is 682 g/mol. The Balaban J connectivity index is 1.42. The Kier molecular flexibility index (Phi) is 8.13. The molecule has 16 heteroatoms. The fourth-order valence-electron chi connectivity index (χ4n) is 6.27. The van der Waals surface area contributed by atoms with Crippen molar-refractivity contribution in [1.29, 1.82) is 0 Å². The van der Waals surface area contributed by atoms with Crippen LogP contribution in [0.1, 0.15) is 63.2 Å². The number of carbonyl (C=O) groups excluding carboxylic acids is 2. The number of rotatable bonds is 10. The van der Waals surface area contributed by atoms with Gasteiger partial charge in [-0.05, 0) is 60.4 Å². The highest BCUT2D eigenvalue weighted by Gasteiger charge is 2.68. The first kappa shape index (κ1) is 32.6. The maximum absolute atomic E-state index is 15.1.